The zero-order valence-corrected chi connectivity index (χ0v) is 36.8. The van der Waals surface area contributed by atoms with Crippen LogP contribution in [0.4, 0.5) is 11.4 Å². The third-order valence-electron chi connectivity index (χ3n) is 9.22. The lowest BCUT2D eigenvalue weighted by Crippen LogP contribution is -2.25. The first-order valence-electron chi connectivity index (χ1n) is 17.1. The molecule has 0 amide bonds. The van der Waals surface area contributed by atoms with Crippen molar-refractivity contribution in [3.05, 3.63) is 99.3 Å². The van der Waals surface area contributed by atoms with Gasteiger partial charge in [0.25, 0.3) is 56.1 Å². The Hall–Kier alpha value is -4.92. The first kappa shape index (κ1) is 47.6. The van der Waals surface area contributed by atoms with Gasteiger partial charge < -0.3 is 10.3 Å². The first-order valence-corrected chi connectivity index (χ1v) is 27.3. The number of rotatable bonds is 16. The number of thioether (sulfide) groups is 1. The van der Waals surface area contributed by atoms with Crippen molar-refractivity contribution in [2.75, 3.05) is 28.3 Å². The van der Waals surface area contributed by atoms with Crippen molar-refractivity contribution in [3.63, 3.8) is 0 Å². The van der Waals surface area contributed by atoms with Crippen molar-refractivity contribution >= 4 is 106 Å². The molecular weight excluding hydrogens is 981 g/mol. The third-order valence-corrected chi connectivity index (χ3v) is 16.7. The molecule has 0 bridgehead atoms. The van der Waals surface area contributed by atoms with Gasteiger partial charge in [0.15, 0.2) is 21.4 Å². The molecule has 1 heterocycles. The highest BCUT2D eigenvalue weighted by molar-refractivity contribution is 8.00. The average Bonchev–Trinajstić information content (AvgIpc) is 3.15. The molecule has 4 aromatic carbocycles. The van der Waals surface area contributed by atoms with Gasteiger partial charge in [0.1, 0.15) is 14.7 Å². The molecule has 0 saturated carbocycles. The van der Waals surface area contributed by atoms with E-state index in [-0.39, 0.29) is 35.1 Å². The highest BCUT2D eigenvalue weighted by Gasteiger charge is 2.37. The van der Waals surface area contributed by atoms with Gasteiger partial charge in [-0.2, -0.15) is 53.9 Å². The monoisotopic (exact) mass is 1010 g/mol. The molecule has 63 heavy (non-hydrogen) atoms. The van der Waals surface area contributed by atoms with Crippen LogP contribution in [0.15, 0.2) is 96.0 Å². The van der Waals surface area contributed by atoms with Crippen LogP contribution in [0.5, 0.6) is 0 Å². The number of pyridine rings is 1. The standard InChI is InChI=1S/C34H28N2O20S7/c37-32(17-5-3-6-18(13-17)60(45,46)47)30-27-19-7-1-2-8-20(19)33(38)28-22(15-26(63(54,55)56)31(29(27)28)36-34(30)39)35-21-14-24(25(62(51,52)53)16-23(21)61(48,49)50)58(40,41)12-10-57-9-4-11-59(42,43)44/h1-3,5-8,13-16,35H,4,9-12H2,(H,36,39)(H,42,43,44)(H,45,46,47)(H,48,49,50)(H,51,52,53)(H,54,55,56). The maximum atomic E-state index is 14.5. The first-order chi connectivity index (χ1) is 28.9. The predicted molar refractivity (Wildman–Crippen MR) is 223 cm³/mol. The van der Waals surface area contributed by atoms with Crippen LogP contribution in [0.25, 0.3) is 22.0 Å². The second kappa shape index (κ2) is 16.6. The molecule has 0 saturated heterocycles. The van der Waals surface area contributed by atoms with Gasteiger partial charge in [0, 0.05) is 27.8 Å². The quantitative estimate of drug-likeness (QED) is 0.0416. The van der Waals surface area contributed by atoms with Crippen LogP contribution in [0, 0.1) is 0 Å². The van der Waals surface area contributed by atoms with Gasteiger partial charge in [-0.05, 0) is 48.1 Å². The summed E-state index contributed by atoms with van der Waals surface area (Å²) in [6.07, 6.45) is -0.133. The summed E-state index contributed by atoms with van der Waals surface area (Å²) in [5.74, 6) is -4.32. The third kappa shape index (κ3) is 9.78. The van der Waals surface area contributed by atoms with Gasteiger partial charge in [0.2, 0.25) is 0 Å². The number of benzene rings is 4. The minimum absolute atomic E-state index is 0.0233. The lowest BCUT2D eigenvalue weighted by molar-refractivity contribution is 0.102. The summed E-state index contributed by atoms with van der Waals surface area (Å²) in [6.45, 7) is 0. The van der Waals surface area contributed by atoms with Crippen molar-refractivity contribution < 1.29 is 82.9 Å². The summed E-state index contributed by atoms with van der Waals surface area (Å²) in [4.78, 5) is 38.3. The molecule has 1 aliphatic carbocycles. The number of carbonyl (C=O) groups excluding carboxylic acids is 2. The fraction of sp³-hybridized carbons (Fsp3) is 0.147. The number of hydrogen-bond acceptors (Lipinski definition) is 17. The maximum absolute atomic E-state index is 14.5. The number of carbonyl (C=O) groups is 2. The summed E-state index contributed by atoms with van der Waals surface area (Å²) in [6, 6.07) is 9.64. The molecule has 1 aliphatic rings. The molecule has 7 N–H and O–H groups in total. The molecule has 1 aromatic heterocycles. The fourth-order valence-electron chi connectivity index (χ4n) is 6.61. The minimum Gasteiger partial charge on any atom is -0.354 e. The molecule has 0 radical (unpaired) electrons. The SMILES string of the molecule is O=C(c1cccc(S(=O)(=O)O)c1)c1c2c3c(c(Nc4cc(S(=O)(=O)CCSCCCS(=O)(=O)O)c(S(=O)(=O)O)cc4S(=O)(=O)O)cc(S(=O)(=O)O)c3[nH]c1=O)C(=O)c1ccccc1-2. The highest BCUT2D eigenvalue weighted by Crippen LogP contribution is 2.46. The second-order valence-electron chi connectivity index (χ2n) is 13.4. The van der Waals surface area contributed by atoms with Crippen molar-refractivity contribution in [1.29, 1.82) is 0 Å². The van der Waals surface area contributed by atoms with E-state index in [1.54, 1.807) is 0 Å². The minimum atomic E-state index is -5.68. The van der Waals surface area contributed by atoms with Gasteiger partial charge in [-0.15, -0.1) is 0 Å². The van der Waals surface area contributed by atoms with E-state index in [0.717, 1.165) is 30.0 Å². The average molecular weight is 1010 g/mol. The van der Waals surface area contributed by atoms with Gasteiger partial charge >= 0.3 is 0 Å². The molecule has 0 unspecified atom stereocenters. The number of ketones is 2. The summed E-state index contributed by atoms with van der Waals surface area (Å²) in [7, 11) is -31.1. The Morgan fingerprint density at radius 3 is 1.79 bits per heavy atom. The predicted octanol–water partition coefficient (Wildman–Crippen LogP) is 2.49. The molecule has 0 atom stereocenters. The molecule has 0 aliphatic heterocycles. The Morgan fingerprint density at radius 1 is 0.603 bits per heavy atom. The Kier molecular flexibility index (Phi) is 12.5. The molecule has 6 rings (SSSR count). The van der Waals surface area contributed by atoms with Gasteiger partial charge in [-0.3, -0.25) is 37.1 Å². The molecule has 0 spiro atoms. The summed E-state index contributed by atoms with van der Waals surface area (Å²) in [5.41, 5.74) is -7.14. The van der Waals surface area contributed by atoms with Gasteiger partial charge in [-0.25, -0.2) is 8.42 Å². The largest absolute Gasteiger partial charge is 0.354 e. The number of fused-ring (bicyclic) bond motifs is 2. The summed E-state index contributed by atoms with van der Waals surface area (Å²) >= 11 is 0.836. The number of nitrogens with one attached hydrogen (secondary N) is 2. The summed E-state index contributed by atoms with van der Waals surface area (Å²) < 4.78 is 199. The van der Waals surface area contributed by atoms with Gasteiger partial charge in [0.05, 0.1) is 49.3 Å². The molecular formula is C34H28N2O20S7. The van der Waals surface area contributed by atoms with Crippen molar-refractivity contribution in [2.45, 2.75) is 30.9 Å². The second-order valence-corrected chi connectivity index (χ2v) is 23.8. The number of H-pyrrole nitrogens is 1. The molecule has 5 aromatic rings. The molecule has 22 nitrogen and oxygen atoms in total. The molecule has 0 fully saturated rings. The Balaban J connectivity index is 1.65. The number of aromatic nitrogens is 1. The smallest absolute Gasteiger partial charge is 0.296 e. The molecule has 336 valence electrons. The van der Waals surface area contributed by atoms with E-state index in [9.17, 15) is 83.1 Å². The van der Waals surface area contributed by atoms with E-state index < -0.39 is 158 Å². The van der Waals surface area contributed by atoms with Crippen LogP contribution in [-0.4, -0.2) is 113 Å². The van der Waals surface area contributed by atoms with Crippen molar-refractivity contribution in [2.24, 2.45) is 0 Å². The zero-order chi connectivity index (χ0) is 46.8. The Morgan fingerprint density at radius 2 is 1.21 bits per heavy atom. The molecule has 29 heteroatoms. The Labute approximate surface area is 361 Å². The van der Waals surface area contributed by atoms with Crippen LogP contribution in [-0.2, 0) is 60.4 Å². The van der Waals surface area contributed by atoms with Gasteiger partial charge in [-0.1, -0.05) is 36.4 Å². The lowest BCUT2D eigenvalue weighted by Gasteiger charge is -2.25. The fourth-order valence-corrected chi connectivity index (χ4v) is 13.3. The Bertz CT molecular complexity index is 3590. The maximum Gasteiger partial charge on any atom is 0.296 e. The van der Waals surface area contributed by atoms with Crippen LogP contribution in [0.2, 0.25) is 0 Å². The van der Waals surface area contributed by atoms with Crippen LogP contribution in [0.1, 0.15) is 38.3 Å². The van der Waals surface area contributed by atoms with Crippen LogP contribution >= 0.6 is 11.8 Å². The van der Waals surface area contributed by atoms with E-state index >= 15 is 0 Å². The zero-order valence-electron chi connectivity index (χ0n) is 31.1. The van der Waals surface area contributed by atoms with Crippen LogP contribution in [0.3, 0.4) is 0 Å². The number of sulfone groups is 1. The van der Waals surface area contributed by atoms with E-state index in [0.29, 0.717) is 18.2 Å². The lowest BCUT2D eigenvalue weighted by atomic mass is 9.80. The summed E-state index contributed by atoms with van der Waals surface area (Å²) in [5, 5.41) is 1.68. The van der Waals surface area contributed by atoms with E-state index in [2.05, 4.69) is 10.3 Å². The van der Waals surface area contributed by atoms with Crippen LogP contribution < -0.4 is 10.9 Å². The number of aromatic amines is 1. The van der Waals surface area contributed by atoms with Crippen molar-refractivity contribution in [3.8, 4) is 11.1 Å². The van der Waals surface area contributed by atoms with E-state index in [1.165, 1.54) is 24.3 Å². The highest BCUT2D eigenvalue weighted by atomic mass is 32.2. The number of anilines is 2. The topological polar surface area (TPSA) is 385 Å². The normalized spacial score (nSPS) is 13.5. The van der Waals surface area contributed by atoms with Crippen molar-refractivity contribution in [1.82, 2.24) is 4.98 Å². The number of hydrogen-bond donors (Lipinski definition) is 7. The van der Waals surface area contributed by atoms with E-state index in [1.807, 2.05) is 0 Å². The van der Waals surface area contributed by atoms with E-state index in [4.69, 9.17) is 4.55 Å².